The number of aromatic nitrogens is 1. The second-order valence-electron chi connectivity index (χ2n) is 4.53. The summed E-state index contributed by atoms with van der Waals surface area (Å²) in [4.78, 5) is 16.1. The molecule has 1 aliphatic rings. The van der Waals surface area contributed by atoms with E-state index in [2.05, 4.69) is 4.98 Å². The highest BCUT2D eigenvalue weighted by molar-refractivity contribution is 7.99. The molecule has 18 heavy (non-hydrogen) atoms. The van der Waals surface area contributed by atoms with Gasteiger partial charge in [0.25, 0.3) is 0 Å². The lowest BCUT2D eigenvalue weighted by molar-refractivity contribution is -0.149. The van der Waals surface area contributed by atoms with E-state index in [1.807, 2.05) is 18.2 Å². The van der Waals surface area contributed by atoms with Crippen molar-refractivity contribution in [3.8, 4) is 0 Å². The van der Waals surface area contributed by atoms with E-state index in [-0.39, 0.29) is 5.97 Å². The summed E-state index contributed by atoms with van der Waals surface area (Å²) in [6, 6.07) is 5.83. The molecule has 2 unspecified atom stereocenters. The van der Waals surface area contributed by atoms with Crippen LogP contribution < -0.4 is 5.73 Å². The number of esters is 1. The van der Waals surface area contributed by atoms with E-state index in [1.54, 1.807) is 24.9 Å². The van der Waals surface area contributed by atoms with Crippen molar-refractivity contribution in [1.82, 2.24) is 4.98 Å². The van der Waals surface area contributed by atoms with Crippen LogP contribution in [0.25, 0.3) is 0 Å². The zero-order valence-corrected chi connectivity index (χ0v) is 11.3. The van der Waals surface area contributed by atoms with Gasteiger partial charge in [0.05, 0.1) is 11.6 Å². The molecule has 2 rings (SSSR count). The molecule has 0 amide bonds. The molecule has 4 nitrogen and oxygen atoms in total. The van der Waals surface area contributed by atoms with Gasteiger partial charge in [0, 0.05) is 11.4 Å². The Morgan fingerprint density at radius 1 is 1.67 bits per heavy atom. The first-order valence-electron chi connectivity index (χ1n) is 6.18. The summed E-state index contributed by atoms with van der Waals surface area (Å²) >= 11 is 1.69. The van der Waals surface area contributed by atoms with Crippen LogP contribution >= 0.6 is 11.8 Å². The molecule has 98 valence electrons. The van der Waals surface area contributed by atoms with Crippen molar-refractivity contribution in [1.29, 1.82) is 0 Å². The van der Waals surface area contributed by atoms with Crippen LogP contribution in [0.5, 0.6) is 0 Å². The predicted octanol–water partition coefficient (Wildman–Crippen LogP) is 1.99. The molecule has 0 aliphatic heterocycles. The smallest absolute Gasteiger partial charge is 0.326 e. The van der Waals surface area contributed by atoms with Crippen LogP contribution in [0.2, 0.25) is 0 Å². The number of pyridine rings is 1. The maximum absolute atomic E-state index is 11.8. The van der Waals surface area contributed by atoms with E-state index in [0.717, 1.165) is 11.4 Å². The lowest BCUT2D eigenvalue weighted by Gasteiger charge is -2.21. The summed E-state index contributed by atoms with van der Waals surface area (Å²) in [5.74, 6) is -0.269. The molecule has 1 aromatic rings. The van der Waals surface area contributed by atoms with E-state index >= 15 is 0 Å². The average molecular weight is 266 g/mol. The van der Waals surface area contributed by atoms with Crippen molar-refractivity contribution in [2.45, 2.75) is 42.0 Å². The Kier molecular flexibility index (Phi) is 4.24. The van der Waals surface area contributed by atoms with Gasteiger partial charge < -0.3 is 10.5 Å². The monoisotopic (exact) mass is 266 g/mol. The van der Waals surface area contributed by atoms with Gasteiger partial charge in [0.1, 0.15) is 5.54 Å². The SMILES string of the molecule is CCOC(=O)C1(N)CCC(Sc2ccccn2)C1. The summed E-state index contributed by atoms with van der Waals surface area (Å²) in [5.41, 5.74) is 5.32. The molecule has 2 N–H and O–H groups in total. The molecule has 1 heterocycles. The van der Waals surface area contributed by atoms with Crippen LogP contribution in [0.1, 0.15) is 26.2 Å². The number of carbonyl (C=O) groups is 1. The lowest BCUT2D eigenvalue weighted by atomic mass is 10.00. The van der Waals surface area contributed by atoms with Crippen molar-refractivity contribution in [3.63, 3.8) is 0 Å². The maximum Gasteiger partial charge on any atom is 0.326 e. The summed E-state index contributed by atoms with van der Waals surface area (Å²) in [6.07, 6.45) is 4.05. The van der Waals surface area contributed by atoms with E-state index in [9.17, 15) is 4.79 Å². The molecule has 0 spiro atoms. The van der Waals surface area contributed by atoms with E-state index in [0.29, 0.717) is 24.7 Å². The quantitative estimate of drug-likeness (QED) is 0.844. The minimum absolute atomic E-state index is 0.269. The first-order chi connectivity index (χ1) is 8.64. The highest BCUT2D eigenvalue weighted by atomic mass is 32.2. The van der Waals surface area contributed by atoms with Gasteiger partial charge in [0.2, 0.25) is 0 Å². The van der Waals surface area contributed by atoms with E-state index in [1.165, 1.54) is 0 Å². The highest BCUT2D eigenvalue weighted by Crippen LogP contribution is 2.38. The minimum Gasteiger partial charge on any atom is -0.465 e. The van der Waals surface area contributed by atoms with Crippen molar-refractivity contribution < 1.29 is 9.53 Å². The van der Waals surface area contributed by atoms with Crippen LogP contribution in [-0.2, 0) is 9.53 Å². The topological polar surface area (TPSA) is 65.2 Å². The average Bonchev–Trinajstić information content (AvgIpc) is 2.74. The fourth-order valence-electron chi connectivity index (χ4n) is 2.18. The number of thioether (sulfide) groups is 1. The Bertz CT molecular complexity index is 413. The van der Waals surface area contributed by atoms with Crippen molar-refractivity contribution in [2.24, 2.45) is 5.73 Å². The van der Waals surface area contributed by atoms with Gasteiger partial charge in [-0.2, -0.15) is 0 Å². The van der Waals surface area contributed by atoms with Gasteiger partial charge >= 0.3 is 5.97 Å². The number of hydrogen-bond donors (Lipinski definition) is 1. The maximum atomic E-state index is 11.8. The van der Waals surface area contributed by atoms with Gasteiger partial charge in [0.15, 0.2) is 0 Å². The second-order valence-corrected chi connectivity index (χ2v) is 5.85. The zero-order valence-electron chi connectivity index (χ0n) is 10.5. The van der Waals surface area contributed by atoms with Gasteiger partial charge in [-0.3, -0.25) is 4.79 Å². The molecule has 1 aliphatic carbocycles. The molecular weight excluding hydrogens is 248 g/mol. The summed E-state index contributed by atoms with van der Waals surface area (Å²) in [7, 11) is 0. The van der Waals surface area contributed by atoms with Crippen molar-refractivity contribution in [2.75, 3.05) is 6.61 Å². The molecule has 0 radical (unpaired) electrons. The number of carbonyl (C=O) groups excluding carboxylic acids is 1. The van der Waals surface area contributed by atoms with E-state index in [4.69, 9.17) is 10.5 Å². The Labute approximate surface area is 111 Å². The van der Waals surface area contributed by atoms with Crippen LogP contribution in [-0.4, -0.2) is 28.3 Å². The van der Waals surface area contributed by atoms with Crippen LogP contribution in [0.4, 0.5) is 0 Å². The number of nitrogens with two attached hydrogens (primary N) is 1. The predicted molar refractivity (Wildman–Crippen MR) is 71.3 cm³/mol. The Balaban J connectivity index is 1.94. The van der Waals surface area contributed by atoms with Gasteiger partial charge in [-0.15, -0.1) is 11.8 Å². The molecule has 0 bridgehead atoms. The number of ether oxygens (including phenoxy) is 1. The van der Waals surface area contributed by atoms with Crippen molar-refractivity contribution >= 4 is 17.7 Å². The third-order valence-electron chi connectivity index (χ3n) is 3.11. The fraction of sp³-hybridized carbons (Fsp3) is 0.538. The number of rotatable bonds is 4. The van der Waals surface area contributed by atoms with Gasteiger partial charge in [-0.25, -0.2) is 4.98 Å². The van der Waals surface area contributed by atoms with Crippen LogP contribution in [0, 0.1) is 0 Å². The standard InChI is InChI=1S/C13H18N2O2S/c1-2-17-12(16)13(14)7-6-10(9-13)18-11-5-3-4-8-15-11/h3-5,8,10H,2,6-7,9,14H2,1H3. The lowest BCUT2D eigenvalue weighted by Crippen LogP contribution is -2.47. The Morgan fingerprint density at radius 3 is 3.17 bits per heavy atom. The summed E-state index contributed by atoms with van der Waals surface area (Å²) in [6.45, 7) is 2.19. The molecule has 2 atom stereocenters. The first kappa shape index (κ1) is 13.4. The summed E-state index contributed by atoms with van der Waals surface area (Å²) in [5, 5.41) is 1.32. The minimum atomic E-state index is -0.803. The second kappa shape index (κ2) is 5.71. The molecule has 1 fully saturated rings. The van der Waals surface area contributed by atoms with Crippen LogP contribution in [0.3, 0.4) is 0 Å². The molecule has 1 aromatic heterocycles. The molecule has 5 heteroatoms. The zero-order chi connectivity index (χ0) is 13.0. The van der Waals surface area contributed by atoms with E-state index < -0.39 is 5.54 Å². The third-order valence-corrected chi connectivity index (χ3v) is 4.33. The number of nitrogens with zero attached hydrogens (tertiary/aromatic N) is 1. The number of hydrogen-bond acceptors (Lipinski definition) is 5. The largest absolute Gasteiger partial charge is 0.465 e. The molecule has 0 saturated heterocycles. The van der Waals surface area contributed by atoms with Crippen LogP contribution in [0.15, 0.2) is 29.4 Å². The molecule has 0 aromatic carbocycles. The third kappa shape index (κ3) is 3.03. The van der Waals surface area contributed by atoms with Crippen molar-refractivity contribution in [3.05, 3.63) is 24.4 Å². The highest BCUT2D eigenvalue weighted by Gasteiger charge is 2.43. The van der Waals surface area contributed by atoms with Gasteiger partial charge in [-0.05, 0) is 38.3 Å². The fourth-order valence-corrected chi connectivity index (χ4v) is 3.41. The first-order valence-corrected chi connectivity index (χ1v) is 7.06. The normalized spacial score (nSPS) is 27.1. The summed E-state index contributed by atoms with van der Waals surface area (Å²) < 4.78 is 5.04. The molecule has 1 saturated carbocycles. The molecular formula is C13H18N2O2S. The Hall–Kier alpha value is -1.07. The van der Waals surface area contributed by atoms with Gasteiger partial charge in [-0.1, -0.05) is 6.07 Å². The Morgan fingerprint density at radius 2 is 2.50 bits per heavy atom.